The fourth-order valence-corrected chi connectivity index (χ4v) is 1.14. The molecular formula is C7H4IO2+. The lowest BCUT2D eigenvalue weighted by Gasteiger charge is -1.89. The van der Waals surface area contributed by atoms with Crippen LogP contribution in [0.25, 0.3) is 0 Å². The van der Waals surface area contributed by atoms with Gasteiger partial charge in [-0.3, -0.25) is 0 Å². The standard InChI is InChI=1S/C7H3IO2/c8-6-4-2-1-3-5(6)7(9)10/h2-4H/p+1. The minimum atomic E-state index is -0.902. The van der Waals surface area contributed by atoms with Crippen molar-refractivity contribution in [3.63, 3.8) is 0 Å². The van der Waals surface area contributed by atoms with Gasteiger partial charge in [0.05, 0.1) is 6.08 Å². The topological polar surface area (TPSA) is 37.3 Å². The van der Waals surface area contributed by atoms with Crippen molar-refractivity contribution in [2.45, 2.75) is 0 Å². The van der Waals surface area contributed by atoms with Crippen LogP contribution in [-0.2, 0) is 4.79 Å². The molecule has 0 aliphatic heterocycles. The van der Waals surface area contributed by atoms with Gasteiger partial charge in [0.2, 0.25) is 0 Å². The van der Waals surface area contributed by atoms with Crippen molar-refractivity contribution in [2.24, 2.45) is 0 Å². The van der Waals surface area contributed by atoms with Gasteiger partial charge in [-0.25, -0.2) is 4.79 Å². The molecule has 0 amide bonds. The summed E-state index contributed by atoms with van der Waals surface area (Å²) in [5, 5.41) is 8.54. The number of hydrogen-bond donors (Lipinski definition) is 1. The molecule has 0 spiro atoms. The highest BCUT2D eigenvalue weighted by Crippen LogP contribution is 2.18. The van der Waals surface area contributed by atoms with Crippen LogP contribution in [0, 0.1) is 6.08 Å². The second-order valence-electron chi connectivity index (χ2n) is 1.71. The minimum Gasteiger partial charge on any atom is -0.468 e. The van der Waals surface area contributed by atoms with E-state index in [2.05, 4.69) is 6.08 Å². The van der Waals surface area contributed by atoms with Gasteiger partial charge < -0.3 is 5.11 Å². The summed E-state index contributed by atoms with van der Waals surface area (Å²) < 4.78 is 0.740. The fourth-order valence-electron chi connectivity index (χ4n) is 0.575. The first-order valence-corrected chi connectivity index (χ1v) is 3.68. The van der Waals surface area contributed by atoms with E-state index >= 15 is 0 Å². The lowest BCUT2D eigenvalue weighted by atomic mass is 10.2. The molecule has 0 saturated heterocycles. The quantitative estimate of drug-likeness (QED) is 0.565. The molecule has 0 heterocycles. The van der Waals surface area contributed by atoms with Gasteiger partial charge >= 0.3 is 5.97 Å². The summed E-state index contributed by atoms with van der Waals surface area (Å²) in [7, 11) is 0. The van der Waals surface area contributed by atoms with E-state index in [9.17, 15) is 4.79 Å². The lowest BCUT2D eigenvalue weighted by Crippen LogP contribution is -2.00. The van der Waals surface area contributed by atoms with Crippen LogP contribution in [0.4, 0.5) is 0 Å². The number of rotatable bonds is 1. The first-order valence-electron chi connectivity index (χ1n) is 2.60. The fraction of sp³-hybridized carbons (Fsp3) is 0. The molecule has 1 aliphatic carbocycles. The molecule has 1 aliphatic rings. The van der Waals surface area contributed by atoms with Crippen LogP contribution in [0.1, 0.15) is 0 Å². The van der Waals surface area contributed by atoms with Gasteiger partial charge in [-0.15, -0.1) is 0 Å². The monoisotopic (exact) mass is 247 g/mol. The molecule has 1 rings (SSSR count). The number of hydrogen-bond acceptors (Lipinski definition) is 1. The zero-order chi connectivity index (χ0) is 7.56. The molecule has 0 aromatic carbocycles. The van der Waals surface area contributed by atoms with Crippen molar-refractivity contribution in [1.29, 1.82) is 0 Å². The average molecular weight is 247 g/mol. The minimum absolute atomic E-state index is 0.308. The van der Waals surface area contributed by atoms with Crippen LogP contribution >= 0.6 is 22.6 Å². The van der Waals surface area contributed by atoms with E-state index in [4.69, 9.17) is 5.11 Å². The molecule has 0 fully saturated rings. The number of halogens is 1. The summed E-state index contributed by atoms with van der Waals surface area (Å²) >= 11 is 1.97. The Bertz CT molecular complexity index is 248. The predicted octanol–water partition coefficient (Wildman–Crippen LogP) is 1.69. The van der Waals surface area contributed by atoms with Gasteiger partial charge in [0, 0.05) is 6.08 Å². The largest absolute Gasteiger partial charge is 0.468 e. The van der Waals surface area contributed by atoms with Crippen LogP contribution in [-0.4, -0.2) is 11.1 Å². The molecule has 1 N–H and O–H groups in total. The Hall–Kier alpha value is -0.670. The van der Waals surface area contributed by atoms with Crippen molar-refractivity contribution in [1.82, 2.24) is 0 Å². The highest BCUT2D eigenvalue weighted by atomic mass is 127. The van der Waals surface area contributed by atoms with Gasteiger partial charge in [-0.2, -0.15) is 0 Å². The van der Waals surface area contributed by atoms with Crippen LogP contribution in [0.2, 0.25) is 0 Å². The number of allylic oxidation sites excluding steroid dienone is 4. The first-order chi connectivity index (χ1) is 4.72. The van der Waals surface area contributed by atoms with Crippen LogP contribution in [0.5, 0.6) is 0 Å². The number of carbonyl (C=O) groups is 1. The van der Waals surface area contributed by atoms with Crippen molar-refractivity contribution in [3.8, 4) is 0 Å². The number of carboxylic acids is 1. The van der Waals surface area contributed by atoms with E-state index in [0.717, 1.165) is 3.58 Å². The third kappa shape index (κ3) is 1.43. The zero-order valence-corrected chi connectivity index (χ0v) is 7.12. The summed E-state index contributed by atoms with van der Waals surface area (Å²) in [6.45, 7) is 0. The van der Waals surface area contributed by atoms with Crippen molar-refractivity contribution < 1.29 is 9.90 Å². The van der Waals surface area contributed by atoms with Gasteiger partial charge in [0.25, 0.3) is 0 Å². The Morgan fingerprint density at radius 2 is 2.40 bits per heavy atom. The van der Waals surface area contributed by atoms with Gasteiger partial charge in [-0.05, 0) is 22.6 Å². The maximum atomic E-state index is 10.4. The van der Waals surface area contributed by atoms with Crippen molar-refractivity contribution in [3.05, 3.63) is 33.5 Å². The molecule has 0 radical (unpaired) electrons. The normalized spacial score (nSPS) is 15.3. The Morgan fingerprint density at radius 3 is 2.80 bits per heavy atom. The average Bonchev–Trinajstić information content (AvgIpc) is 1.88. The third-order valence-electron chi connectivity index (χ3n) is 1.04. The van der Waals surface area contributed by atoms with Crippen LogP contribution < -0.4 is 0 Å². The number of aliphatic carboxylic acids is 1. The molecule has 2 nitrogen and oxygen atoms in total. The second kappa shape index (κ2) is 2.94. The van der Waals surface area contributed by atoms with Crippen molar-refractivity contribution in [2.75, 3.05) is 0 Å². The second-order valence-corrected chi connectivity index (χ2v) is 2.87. The smallest absolute Gasteiger partial charge is 0.395 e. The maximum Gasteiger partial charge on any atom is 0.395 e. The molecule has 0 bridgehead atoms. The van der Waals surface area contributed by atoms with E-state index < -0.39 is 5.97 Å². The highest BCUT2D eigenvalue weighted by molar-refractivity contribution is 14.1. The summed E-state index contributed by atoms with van der Waals surface area (Å²) in [5.74, 6) is -0.902. The van der Waals surface area contributed by atoms with Gasteiger partial charge in [0.1, 0.15) is 15.7 Å². The van der Waals surface area contributed by atoms with E-state index in [-0.39, 0.29) is 0 Å². The summed E-state index contributed by atoms with van der Waals surface area (Å²) in [6.07, 6.45) is 7.56. The zero-order valence-electron chi connectivity index (χ0n) is 4.97. The Kier molecular flexibility index (Phi) is 2.19. The Balaban J connectivity index is 3.04. The molecule has 50 valence electrons. The Morgan fingerprint density at radius 1 is 1.70 bits per heavy atom. The number of carboxylic acid groups (broad SMARTS) is 1. The third-order valence-corrected chi connectivity index (χ3v) is 1.98. The van der Waals surface area contributed by atoms with Crippen LogP contribution in [0.15, 0.2) is 27.4 Å². The predicted molar refractivity (Wildman–Crippen MR) is 45.6 cm³/mol. The molecule has 0 atom stereocenters. The molecule has 0 saturated carbocycles. The van der Waals surface area contributed by atoms with Crippen LogP contribution in [0.3, 0.4) is 0 Å². The van der Waals surface area contributed by atoms with E-state index in [1.165, 1.54) is 6.08 Å². The Labute approximate surface area is 72.1 Å². The highest BCUT2D eigenvalue weighted by Gasteiger charge is 2.17. The van der Waals surface area contributed by atoms with Crippen molar-refractivity contribution >= 4 is 28.6 Å². The first kappa shape index (κ1) is 7.44. The van der Waals surface area contributed by atoms with Gasteiger partial charge in [0.15, 0.2) is 5.57 Å². The summed E-state index contributed by atoms with van der Waals surface area (Å²) in [6, 6.07) is 0. The molecule has 0 aromatic rings. The molecular weight excluding hydrogens is 243 g/mol. The van der Waals surface area contributed by atoms with E-state index in [1.807, 2.05) is 22.6 Å². The molecule has 10 heavy (non-hydrogen) atoms. The summed E-state index contributed by atoms with van der Waals surface area (Å²) in [4.78, 5) is 10.4. The maximum absolute atomic E-state index is 10.4. The molecule has 0 aromatic heterocycles. The van der Waals surface area contributed by atoms with Gasteiger partial charge in [-0.1, -0.05) is 0 Å². The van der Waals surface area contributed by atoms with E-state index in [0.29, 0.717) is 5.57 Å². The summed E-state index contributed by atoms with van der Waals surface area (Å²) in [5.41, 5.74) is 0.308. The molecule has 0 unspecified atom stereocenters. The lowest BCUT2D eigenvalue weighted by molar-refractivity contribution is -0.132. The van der Waals surface area contributed by atoms with E-state index in [1.54, 1.807) is 12.2 Å². The SMILES string of the molecule is O=C(O)C1=C(I)C=C[C+]=C1. The molecule has 3 heteroatoms.